The van der Waals surface area contributed by atoms with Crippen molar-refractivity contribution in [3.63, 3.8) is 0 Å². The number of aromatic nitrogens is 2. The van der Waals surface area contributed by atoms with Gasteiger partial charge in [0.05, 0.1) is 5.69 Å². The Morgan fingerprint density at radius 2 is 2.11 bits per heavy atom. The highest BCUT2D eigenvalue weighted by Gasteiger charge is 2.37. The first-order valence-corrected chi connectivity index (χ1v) is 5.67. The van der Waals surface area contributed by atoms with Crippen LogP contribution in [0, 0.1) is 0 Å². The molecule has 1 aromatic rings. The third-order valence-electron chi connectivity index (χ3n) is 2.70. The molecule has 0 unspecified atom stereocenters. The van der Waals surface area contributed by atoms with Crippen LogP contribution in [0.25, 0.3) is 5.57 Å². The molecule has 19 heavy (non-hydrogen) atoms. The molecule has 1 aliphatic carbocycles. The Hall–Kier alpha value is -2.05. The van der Waals surface area contributed by atoms with E-state index in [-0.39, 0.29) is 5.69 Å². The van der Waals surface area contributed by atoms with E-state index in [0.29, 0.717) is 12.0 Å². The van der Waals surface area contributed by atoms with E-state index in [0.717, 1.165) is 12.8 Å². The van der Waals surface area contributed by atoms with Crippen LogP contribution in [0.3, 0.4) is 0 Å². The lowest BCUT2D eigenvalue weighted by Gasteiger charge is -2.01. The summed E-state index contributed by atoms with van der Waals surface area (Å²) in [5, 5.41) is 8.94. The van der Waals surface area contributed by atoms with E-state index >= 15 is 0 Å². The lowest BCUT2D eigenvalue weighted by atomic mass is 10.1. The molecule has 0 bridgehead atoms. The number of alkyl halides is 3. The average molecular weight is 272 g/mol. The monoisotopic (exact) mass is 272 g/mol. The second-order valence-corrected chi connectivity index (χ2v) is 4.10. The molecule has 2 N–H and O–H groups in total. The summed E-state index contributed by atoms with van der Waals surface area (Å²) >= 11 is 0. The maximum atomic E-state index is 12.6. The fourth-order valence-corrected chi connectivity index (χ4v) is 1.83. The number of halogens is 3. The molecule has 0 aliphatic heterocycles. The molecule has 0 atom stereocenters. The van der Waals surface area contributed by atoms with Crippen molar-refractivity contribution in [1.29, 1.82) is 0 Å². The van der Waals surface area contributed by atoms with E-state index in [1.54, 1.807) is 18.2 Å². The van der Waals surface area contributed by atoms with Gasteiger partial charge in [-0.3, -0.25) is 0 Å². The summed E-state index contributed by atoms with van der Waals surface area (Å²) in [6.07, 6.45) is 2.81. The molecule has 2 rings (SSSR count). The number of aromatic amines is 1. The first-order chi connectivity index (χ1) is 8.89. The standard InChI is InChI=1S/C12H11F3N2O2/c13-12(14,15)11-16-8(9(17-11)10(18)19)7-5-3-1-2-4-6-7/h3,5-6H,1-2,4H2,(H,16,17)(H,18,19). The zero-order valence-electron chi connectivity index (χ0n) is 9.79. The van der Waals surface area contributed by atoms with Gasteiger partial charge in [0.2, 0.25) is 5.82 Å². The van der Waals surface area contributed by atoms with Gasteiger partial charge in [-0.25, -0.2) is 9.78 Å². The summed E-state index contributed by atoms with van der Waals surface area (Å²) in [6.45, 7) is 0. The van der Waals surface area contributed by atoms with E-state index in [1.807, 2.05) is 0 Å². The predicted molar refractivity (Wildman–Crippen MR) is 61.5 cm³/mol. The third kappa shape index (κ3) is 2.86. The van der Waals surface area contributed by atoms with Gasteiger partial charge >= 0.3 is 12.1 Å². The van der Waals surface area contributed by atoms with Crippen molar-refractivity contribution in [1.82, 2.24) is 9.97 Å². The summed E-state index contributed by atoms with van der Waals surface area (Å²) in [4.78, 5) is 16.2. The Labute approximate surface area is 106 Å². The molecule has 1 aliphatic rings. The number of hydrogen-bond acceptors (Lipinski definition) is 2. The number of nitrogens with one attached hydrogen (secondary N) is 1. The molecule has 102 valence electrons. The number of allylic oxidation sites excluding steroid dienone is 4. The van der Waals surface area contributed by atoms with Crippen LogP contribution in [-0.4, -0.2) is 21.0 Å². The van der Waals surface area contributed by atoms with Crippen molar-refractivity contribution >= 4 is 11.5 Å². The van der Waals surface area contributed by atoms with Crippen LogP contribution >= 0.6 is 0 Å². The highest BCUT2D eigenvalue weighted by Crippen LogP contribution is 2.30. The number of H-pyrrole nitrogens is 1. The molecule has 0 radical (unpaired) electrons. The smallest absolute Gasteiger partial charge is 0.449 e. The molecule has 0 aromatic carbocycles. The fourth-order valence-electron chi connectivity index (χ4n) is 1.83. The van der Waals surface area contributed by atoms with E-state index in [4.69, 9.17) is 5.11 Å². The zero-order chi connectivity index (χ0) is 14.0. The van der Waals surface area contributed by atoms with Gasteiger partial charge in [-0.05, 0) is 24.8 Å². The summed E-state index contributed by atoms with van der Waals surface area (Å²) in [5.74, 6) is -2.78. The van der Waals surface area contributed by atoms with Crippen molar-refractivity contribution in [2.24, 2.45) is 0 Å². The first-order valence-electron chi connectivity index (χ1n) is 5.67. The summed E-state index contributed by atoms with van der Waals surface area (Å²) in [5.41, 5.74) is -0.277. The topological polar surface area (TPSA) is 66.0 Å². The molecule has 7 heteroatoms. The Balaban J connectivity index is 2.52. The van der Waals surface area contributed by atoms with Gasteiger partial charge in [0.15, 0.2) is 5.69 Å². The molecule has 1 heterocycles. The molecule has 0 fully saturated rings. The summed E-state index contributed by atoms with van der Waals surface area (Å²) < 4.78 is 37.7. The third-order valence-corrected chi connectivity index (χ3v) is 2.70. The molecular weight excluding hydrogens is 261 g/mol. The SMILES string of the molecule is O=C(O)c1nc(C(F)(F)F)[nH]c1C1=CCCCC=C1. The summed E-state index contributed by atoms with van der Waals surface area (Å²) in [7, 11) is 0. The van der Waals surface area contributed by atoms with Gasteiger partial charge in [0.25, 0.3) is 0 Å². The van der Waals surface area contributed by atoms with E-state index in [2.05, 4.69) is 9.97 Å². The van der Waals surface area contributed by atoms with Gasteiger partial charge in [0, 0.05) is 0 Å². The number of hydrogen-bond donors (Lipinski definition) is 2. The van der Waals surface area contributed by atoms with Crippen molar-refractivity contribution < 1.29 is 23.1 Å². The van der Waals surface area contributed by atoms with Gasteiger partial charge in [0.1, 0.15) is 0 Å². The second kappa shape index (κ2) is 4.91. The number of carboxylic acids is 1. The quantitative estimate of drug-likeness (QED) is 0.868. The van der Waals surface area contributed by atoms with Crippen LogP contribution in [0.15, 0.2) is 18.2 Å². The normalized spacial score (nSPS) is 16.1. The molecule has 0 saturated heterocycles. The summed E-state index contributed by atoms with van der Waals surface area (Å²) in [6, 6.07) is 0. The van der Waals surface area contributed by atoms with Crippen LogP contribution in [0.1, 0.15) is 41.3 Å². The molecule has 4 nitrogen and oxygen atoms in total. The highest BCUT2D eigenvalue weighted by molar-refractivity contribution is 5.93. The van der Waals surface area contributed by atoms with Crippen LogP contribution in [0.5, 0.6) is 0 Å². The van der Waals surface area contributed by atoms with Gasteiger partial charge in [-0.15, -0.1) is 0 Å². The van der Waals surface area contributed by atoms with Gasteiger partial charge in [-0.1, -0.05) is 18.2 Å². The largest absolute Gasteiger partial charge is 0.476 e. The van der Waals surface area contributed by atoms with Gasteiger partial charge < -0.3 is 10.1 Å². The minimum absolute atomic E-state index is 0.0991. The number of imidazole rings is 1. The lowest BCUT2D eigenvalue weighted by molar-refractivity contribution is -0.144. The van der Waals surface area contributed by atoms with Crippen molar-refractivity contribution in [2.45, 2.75) is 25.4 Å². The minimum atomic E-state index is -4.70. The van der Waals surface area contributed by atoms with Crippen molar-refractivity contribution in [3.05, 3.63) is 35.4 Å². The predicted octanol–water partition coefficient (Wildman–Crippen LogP) is 3.25. The number of aromatic carboxylic acids is 1. The maximum absolute atomic E-state index is 12.6. The Morgan fingerprint density at radius 3 is 2.74 bits per heavy atom. The number of rotatable bonds is 2. The zero-order valence-corrected chi connectivity index (χ0v) is 9.79. The molecule has 0 saturated carbocycles. The first kappa shape index (κ1) is 13.4. The van der Waals surface area contributed by atoms with Gasteiger partial charge in [-0.2, -0.15) is 13.2 Å². The van der Waals surface area contributed by atoms with E-state index < -0.39 is 23.7 Å². The van der Waals surface area contributed by atoms with Crippen LogP contribution in [-0.2, 0) is 6.18 Å². The van der Waals surface area contributed by atoms with E-state index in [1.165, 1.54) is 0 Å². The number of nitrogens with zero attached hydrogens (tertiary/aromatic N) is 1. The number of carbonyl (C=O) groups is 1. The van der Waals surface area contributed by atoms with Crippen molar-refractivity contribution in [3.8, 4) is 0 Å². The Morgan fingerprint density at radius 1 is 1.37 bits per heavy atom. The highest BCUT2D eigenvalue weighted by atomic mass is 19.4. The van der Waals surface area contributed by atoms with Crippen LogP contribution in [0.2, 0.25) is 0 Å². The number of carboxylic acid groups (broad SMARTS) is 1. The molecule has 0 spiro atoms. The molecule has 1 aromatic heterocycles. The minimum Gasteiger partial charge on any atom is -0.476 e. The second-order valence-electron chi connectivity index (χ2n) is 4.10. The molecular formula is C12H11F3N2O2. The van der Waals surface area contributed by atoms with E-state index in [9.17, 15) is 18.0 Å². The average Bonchev–Trinajstić information content (AvgIpc) is 2.60. The fraction of sp³-hybridized carbons (Fsp3) is 0.333. The maximum Gasteiger partial charge on any atom is 0.449 e. The van der Waals surface area contributed by atoms with Crippen LogP contribution in [0.4, 0.5) is 13.2 Å². The van der Waals surface area contributed by atoms with Crippen LogP contribution < -0.4 is 0 Å². The molecule has 0 amide bonds. The Kier molecular flexibility index (Phi) is 3.46. The lowest BCUT2D eigenvalue weighted by Crippen LogP contribution is -2.08. The Bertz CT molecular complexity index is 556. The van der Waals surface area contributed by atoms with Crippen molar-refractivity contribution in [2.75, 3.05) is 0 Å².